The molecule has 1 aliphatic heterocycles. The zero-order valence-corrected chi connectivity index (χ0v) is 12.4. The van der Waals surface area contributed by atoms with Gasteiger partial charge in [-0.3, -0.25) is 9.59 Å². The van der Waals surface area contributed by atoms with Crippen molar-refractivity contribution in [2.24, 2.45) is 5.92 Å². The largest absolute Gasteiger partial charge is 0.469 e. The number of rotatable bonds is 5. The lowest BCUT2D eigenvalue weighted by atomic mass is 9.94. The number of aryl methyl sites for hydroxylation is 1. The number of hydrogen-bond acceptors (Lipinski definition) is 5. The van der Waals surface area contributed by atoms with Crippen molar-refractivity contribution >= 4 is 11.9 Å². The number of esters is 2. The Morgan fingerprint density at radius 3 is 2.43 bits per heavy atom. The molecule has 0 aliphatic carbocycles. The number of carbonyl (C=O) groups is 2. The van der Waals surface area contributed by atoms with Gasteiger partial charge in [0.1, 0.15) is 6.04 Å². The highest BCUT2D eigenvalue weighted by Gasteiger charge is 2.41. The molecule has 5 heteroatoms. The van der Waals surface area contributed by atoms with E-state index in [1.807, 2.05) is 18.2 Å². The average molecular weight is 291 g/mol. The van der Waals surface area contributed by atoms with Crippen molar-refractivity contribution in [3.63, 3.8) is 0 Å². The standard InChI is InChI=1S/C16H21NO4/c1-20-15(18)12-10-14(16(19)21-2)17-13(12)9-8-11-6-4-3-5-7-11/h3-7,12-14,17H,8-10H2,1-2H3/t12-,13+,14+/m0/s1. The zero-order valence-electron chi connectivity index (χ0n) is 12.4. The van der Waals surface area contributed by atoms with Crippen LogP contribution in [0.1, 0.15) is 18.4 Å². The molecule has 0 radical (unpaired) electrons. The lowest BCUT2D eigenvalue weighted by Crippen LogP contribution is -2.38. The van der Waals surface area contributed by atoms with Crippen LogP contribution < -0.4 is 5.32 Å². The van der Waals surface area contributed by atoms with E-state index in [0.29, 0.717) is 6.42 Å². The van der Waals surface area contributed by atoms with Gasteiger partial charge in [0.25, 0.3) is 0 Å². The second-order valence-corrected chi connectivity index (χ2v) is 5.24. The van der Waals surface area contributed by atoms with Gasteiger partial charge >= 0.3 is 11.9 Å². The van der Waals surface area contributed by atoms with Crippen molar-refractivity contribution in [2.45, 2.75) is 31.3 Å². The monoisotopic (exact) mass is 291 g/mol. The van der Waals surface area contributed by atoms with Crippen molar-refractivity contribution in [1.29, 1.82) is 0 Å². The second kappa shape index (κ2) is 7.22. The summed E-state index contributed by atoms with van der Waals surface area (Å²) in [6, 6.07) is 9.57. The van der Waals surface area contributed by atoms with Gasteiger partial charge in [-0.05, 0) is 24.8 Å². The molecule has 0 amide bonds. The summed E-state index contributed by atoms with van der Waals surface area (Å²) < 4.78 is 9.60. The molecule has 0 saturated carbocycles. The quantitative estimate of drug-likeness (QED) is 0.829. The summed E-state index contributed by atoms with van der Waals surface area (Å²) in [5, 5.41) is 3.20. The number of carbonyl (C=O) groups excluding carboxylic acids is 2. The van der Waals surface area contributed by atoms with Gasteiger partial charge in [0.15, 0.2) is 0 Å². The van der Waals surface area contributed by atoms with Crippen LogP contribution in [-0.4, -0.2) is 38.2 Å². The third-order valence-electron chi connectivity index (χ3n) is 3.97. The van der Waals surface area contributed by atoms with Crippen LogP contribution in [0.3, 0.4) is 0 Å². The summed E-state index contributed by atoms with van der Waals surface area (Å²) in [5.74, 6) is -0.902. The molecule has 5 nitrogen and oxygen atoms in total. The van der Waals surface area contributed by atoms with Gasteiger partial charge in [0.2, 0.25) is 0 Å². The van der Waals surface area contributed by atoms with Crippen molar-refractivity contribution < 1.29 is 19.1 Å². The van der Waals surface area contributed by atoms with Crippen LogP contribution in [0.2, 0.25) is 0 Å². The van der Waals surface area contributed by atoms with Crippen LogP contribution in [0.5, 0.6) is 0 Å². The number of ether oxygens (including phenoxy) is 2. The van der Waals surface area contributed by atoms with Crippen molar-refractivity contribution in [1.82, 2.24) is 5.32 Å². The molecule has 114 valence electrons. The smallest absolute Gasteiger partial charge is 0.322 e. The van der Waals surface area contributed by atoms with Gasteiger partial charge < -0.3 is 14.8 Å². The molecule has 3 atom stereocenters. The van der Waals surface area contributed by atoms with E-state index in [1.165, 1.54) is 19.8 Å². The first kappa shape index (κ1) is 15.5. The van der Waals surface area contributed by atoms with Crippen LogP contribution in [0.25, 0.3) is 0 Å². The van der Waals surface area contributed by atoms with Gasteiger partial charge in [-0.25, -0.2) is 0 Å². The van der Waals surface area contributed by atoms with Gasteiger partial charge in [-0.1, -0.05) is 30.3 Å². The van der Waals surface area contributed by atoms with Crippen LogP contribution in [0.15, 0.2) is 30.3 Å². The molecule has 1 heterocycles. The maximum atomic E-state index is 11.9. The Morgan fingerprint density at radius 2 is 1.81 bits per heavy atom. The molecule has 0 unspecified atom stereocenters. The van der Waals surface area contributed by atoms with E-state index in [4.69, 9.17) is 9.47 Å². The Bertz CT molecular complexity index is 488. The number of nitrogens with one attached hydrogen (secondary N) is 1. The fourth-order valence-electron chi connectivity index (χ4n) is 2.83. The summed E-state index contributed by atoms with van der Waals surface area (Å²) in [7, 11) is 2.73. The van der Waals surface area contributed by atoms with Gasteiger partial charge in [-0.2, -0.15) is 0 Å². The fourth-order valence-corrected chi connectivity index (χ4v) is 2.83. The number of methoxy groups -OCH3 is 2. The van der Waals surface area contributed by atoms with Crippen molar-refractivity contribution in [2.75, 3.05) is 14.2 Å². The van der Waals surface area contributed by atoms with E-state index in [0.717, 1.165) is 12.8 Å². The minimum atomic E-state index is -0.431. The van der Waals surface area contributed by atoms with Crippen molar-refractivity contribution in [3.8, 4) is 0 Å². The Kier molecular flexibility index (Phi) is 5.33. The fraction of sp³-hybridized carbons (Fsp3) is 0.500. The Morgan fingerprint density at radius 1 is 1.14 bits per heavy atom. The molecular formula is C16H21NO4. The molecule has 2 rings (SSSR count). The molecule has 1 aromatic carbocycles. The highest BCUT2D eigenvalue weighted by atomic mass is 16.5. The summed E-state index contributed by atoms with van der Waals surface area (Å²) in [5.41, 5.74) is 1.21. The van der Waals surface area contributed by atoms with Crippen LogP contribution >= 0.6 is 0 Å². The maximum absolute atomic E-state index is 11.9. The lowest BCUT2D eigenvalue weighted by Gasteiger charge is -2.17. The van der Waals surface area contributed by atoms with Crippen LogP contribution in [0.4, 0.5) is 0 Å². The Hall–Kier alpha value is -1.88. The normalized spacial score (nSPS) is 24.6. The summed E-state index contributed by atoms with van der Waals surface area (Å²) in [4.78, 5) is 23.5. The molecule has 1 fully saturated rings. The van der Waals surface area contributed by atoms with E-state index >= 15 is 0 Å². The van der Waals surface area contributed by atoms with E-state index < -0.39 is 6.04 Å². The molecule has 0 bridgehead atoms. The van der Waals surface area contributed by atoms with Gasteiger partial charge in [-0.15, -0.1) is 0 Å². The first-order valence-electron chi connectivity index (χ1n) is 7.11. The summed E-state index contributed by atoms with van der Waals surface area (Å²) in [6.07, 6.45) is 2.05. The minimum Gasteiger partial charge on any atom is -0.469 e. The molecule has 1 saturated heterocycles. The third-order valence-corrected chi connectivity index (χ3v) is 3.97. The molecule has 1 N–H and O–H groups in total. The third kappa shape index (κ3) is 3.82. The summed E-state index contributed by atoms with van der Waals surface area (Å²) >= 11 is 0. The molecule has 0 aromatic heterocycles. The second-order valence-electron chi connectivity index (χ2n) is 5.24. The van der Waals surface area contributed by atoms with Gasteiger partial charge in [0, 0.05) is 6.04 Å². The van der Waals surface area contributed by atoms with E-state index in [2.05, 4.69) is 17.4 Å². The highest BCUT2D eigenvalue weighted by Crippen LogP contribution is 2.26. The predicted octanol–water partition coefficient (Wildman–Crippen LogP) is 1.31. The SMILES string of the molecule is COC(=O)[C@H]1C[C@H](C(=O)OC)N[C@@H]1CCc1ccccc1. The zero-order chi connectivity index (χ0) is 15.2. The topological polar surface area (TPSA) is 64.6 Å². The number of hydrogen-bond donors (Lipinski definition) is 1. The lowest BCUT2D eigenvalue weighted by molar-refractivity contribution is -0.146. The molecular weight excluding hydrogens is 270 g/mol. The number of benzene rings is 1. The van der Waals surface area contributed by atoms with Crippen molar-refractivity contribution in [3.05, 3.63) is 35.9 Å². The van der Waals surface area contributed by atoms with E-state index in [9.17, 15) is 9.59 Å². The predicted molar refractivity (Wildman–Crippen MR) is 77.6 cm³/mol. The Balaban J connectivity index is 2.00. The summed E-state index contributed by atoms with van der Waals surface area (Å²) in [6.45, 7) is 0. The first-order valence-corrected chi connectivity index (χ1v) is 7.11. The van der Waals surface area contributed by atoms with Crippen LogP contribution in [0, 0.1) is 5.92 Å². The minimum absolute atomic E-state index is 0.0678. The van der Waals surface area contributed by atoms with Crippen LogP contribution in [-0.2, 0) is 25.5 Å². The van der Waals surface area contributed by atoms with E-state index in [-0.39, 0.29) is 23.9 Å². The van der Waals surface area contributed by atoms with E-state index in [1.54, 1.807) is 0 Å². The molecule has 1 aliphatic rings. The molecule has 0 spiro atoms. The molecule has 21 heavy (non-hydrogen) atoms. The maximum Gasteiger partial charge on any atom is 0.322 e. The van der Waals surface area contributed by atoms with Gasteiger partial charge in [0.05, 0.1) is 20.1 Å². The molecule has 1 aromatic rings. The Labute approximate surface area is 124 Å². The first-order chi connectivity index (χ1) is 10.2. The highest BCUT2D eigenvalue weighted by molar-refractivity contribution is 5.80. The average Bonchev–Trinajstić information content (AvgIpc) is 2.96.